The van der Waals surface area contributed by atoms with Gasteiger partial charge in [0.25, 0.3) is 11.8 Å². The first-order valence-electron chi connectivity index (χ1n) is 7.90. The largest absolute Gasteiger partial charge is 0.493 e. The molecule has 0 heterocycles. The number of benzene rings is 1. The quantitative estimate of drug-likeness (QED) is 0.580. The van der Waals surface area contributed by atoms with E-state index in [4.69, 9.17) is 15.2 Å². The molecule has 138 valence electrons. The Morgan fingerprint density at radius 2 is 1.84 bits per heavy atom. The van der Waals surface area contributed by atoms with Gasteiger partial charge >= 0.3 is 5.97 Å². The van der Waals surface area contributed by atoms with Crippen LogP contribution in [0.5, 0.6) is 11.5 Å². The number of nitrogens with one attached hydrogen (secondary N) is 1. The molecule has 0 aromatic heterocycles. The molecule has 25 heavy (non-hydrogen) atoms. The molecule has 4 N–H and O–H groups in total. The summed E-state index contributed by atoms with van der Waals surface area (Å²) in [5.41, 5.74) is 4.32. The molecule has 8 heteroatoms. The molecule has 2 amide bonds. The highest BCUT2D eigenvalue weighted by molar-refractivity contribution is 5.95. The molecule has 0 saturated carbocycles. The van der Waals surface area contributed by atoms with Gasteiger partial charge in [0, 0.05) is 12.1 Å². The zero-order chi connectivity index (χ0) is 19.0. The fourth-order valence-electron chi connectivity index (χ4n) is 2.31. The number of carboxylic acid groups (broad SMARTS) is 1. The topological polar surface area (TPSA) is 128 Å². The van der Waals surface area contributed by atoms with Gasteiger partial charge in [0.15, 0.2) is 18.1 Å². The minimum absolute atomic E-state index is 0.0242. The number of carbonyl (C=O) groups excluding carboxylic acids is 2. The summed E-state index contributed by atoms with van der Waals surface area (Å²) >= 11 is 0. The summed E-state index contributed by atoms with van der Waals surface area (Å²) in [4.78, 5) is 34.6. The fraction of sp³-hybridized carbons (Fsp3) is 0.471. The van der Waals surface area contributed by atoms with Crippen LogP contribution >= 0.6 is 0 Å². The summed E-state index contributed by atoms with van der Waals surface area (Å²) in [5, 5.41) is 12.1. The van der Waals surface area contributed by atoms with Crippen molar-refractivity contribution in [1.82, 2.24) is 5.32 Å². The first-order chi connectivity index (χ1) is 11.8. The molecule has 0 fully saturated rings. The third kappa shape index (κ3) is 5.10. The van der Waals surface area contributed by atoms with Crippen molar-refractivity contribution in [3.8, 4) is 11.5 Å². The van der Waals surface area contributed by atoms with Crippen LogP contribution in [0, 0.1) is 5.41 Å². The molecule has 0 aliphatic carbocycles. The molecule has 8 nitrogen and oxygen atoms in total. The summed E-state index contributed by atoms with van der Waals surface area (Å²) < 4.78 is 10.3. The van der Waals surface area contributed by atoms with E-state index in [-0.39, 0.29) is 30.2 Å². The number of methoxy groups -OCH3 is 1. The first-order valence-corrected chi connectivity index (χ1v) is 7.90. The van der Waals surface area contributed by atoms with Gasteiger partial charge in [0.1, 0.15) is 0 Å². The van der Waals surface area contributed by atoms with E-state index in [2.05, 4.69) is 5.32 Å². The molecule has 0 aliphatic heterocycles. The standard InChI is InChI=1S/C17H24N2O6/c1-4-17(5-2,16(22)23)10-19-15(21)11-6-7-12(13(8-11)24-3)25-9-14(18)20/h6-8H,4-5,9-10H2,1-3H3,(H2,18,20)(H,19,21)(H,22,23). The maximum absolute atomic E-state index is 12.3. The third-order valence-electron chi connectivity index (χ3n) is 4.19. The second-order valence-electron chi connectivity index (χ2n) is 5.60. The number of nitrogens with two attached hydrogens (primary N) is 1. The molecule has 0 aliphatic rings. The molecule has 0 unspecified atom stereocenters. The van der Waals surface area contributed by atoms with Crippen LogP contribution in [0.4, 0.5) is 0 Å². The van der Waals surface area contributed by atoms with Gasteiger partial charge in [0.05, 0.1) is 12.5 Å². The van der Waals surface area contributed by atoms with Crippen molar-refractivity contribution in [2.45, 2.75) is 26.7 Å². The number of ether oxygens (including phenoxy) is 2. The van der Waals surface area contributed by atoms with E-state index in [0.717, 1.165) is 0 Å². The summed E-state index contributed by atoms with van der Waals surface area (Å²) in [5.74, 6) is -1.45. The molecule has 1 aromatic rings. The summed E-state index contributed by atoms with van der Waals surface area (Å²) in [7, 11) is 1.40. The monoisotopic (exact) mass is 352 g/mol. The van der Waals surface area contributed by atoms with Gasteiger partial charge < -0.3 is 25.6 Å². The number of hydrogen-bond donors (Lipinski definition) is 3. The van der Waals surface area contributed by atoms with E-state index in [9.17, 15) is 19.5 Å². The number of amides is 2. The van der Waals surface area contributed by atoms with Crippen LogP contribution in [0.3, 0.4) is 0 Å². The van der Waals surface area contributed by atoms with Gasteiger partial charge in [-0.3, -0.25) is 14.4 Å². The maximum atomic E-state index is 12.3. The van der Waals surface area contributed by atoms with Crippen molar-refractivity contribution >= 4 is 17.8 Å². The Morgan fingerprint density at radius 3 is 2.32 bits per heavy atom. The molecular formula is C17H24N2O6. The number of rotatable bonds is 10. The Bertz CT molecular complexity index is 640. The first kappa shape index (κ1) is 20.3. The average Bonchev–Trinajstić information content (AvgIpc) is 2.60. The zero-order valence-electron chi connectivity index (χ0n) is 14.6. The zero-order valence-corrected chi connectivity index (χ0v) is 14.6. The van der Waals surface area contributed by atoms with Crippen LogP contribution in [-0.2, 0) is 9.59 Å². The van der Waals surface area contributed by atoms with Gasteiger partial charge in [0.2, 0.25) is 0 Å². The highest BCUT2D eigenvalue weighted by Crippen LogP contribution is 2.29. The Hall–Kier alpha value is -2.77. The number of carbonyl (C=O) groups is 3. The van der Waals surface area contributed by atoms with Crippen LogP contribution in [0.2, 0.25) is 0 Å². The van der Waals surface area contributed by atoms with Crippen LogP contribution in [0.25, 0.3) is 0 Å². The van der Waals surface area contributed by atoms with Crippen molar-refractivity contribution in [3.05, 3.63) is 23.8 Å². The van der Waals surface area contributed by atoms with Crippen LogP contribution in [0.15, 0.2) is 18.2 Å². The van der Waals surface area contributed by atoms with E-state index in [1.165, 1.54) is 25.3 Å². The van der Waals surface area contributed by atoms with Crippen LogP contribution in [-0.4, -0.2) is 43.2 Å². The molecule has 0 atom stereocenters. The minimum atomic E-state index is -0.996. The van der Waals surface area contributed by atoms with Crippen molar-refractivity contribution in [2.75, 3.05) is 20.3 Å². The molecule has 0 saturated heterocycles. The van der Waals surface area contributed by atoms with Gasteiger partial charge in [-0.2, -0.15) is 0 Å². The lowest BCUT2D eigenvalue weighted by Crippen LogP contribution is -2.42. The number of aliphatic carboxylic acids is 1. The highest BCUT2D eigenvalue weighted by Gasteiger charge is 2.35. The summed E-state index contributed by atoms with van der Waals surface area (Å²) in [6.45, 7) is 3.27. The second-order valence-corrected chi connectivity index (χ2v) is 5.60. The lowest BCUT2D eigenvalue weighted by Gasteiger charge is -2.26. The summed E-state index contributed by atoms with van der Waals surface area (Å²) in [6, 6.07) is 4.43. The fourth-order valence-corrected chi connectivity index (χ4v) is 2.31. The van der Waals surface area contributed by atoms with E-state index >= 15 is 0 Å². The van der Waals surface area contributed by atoms with Crippen molar-refractivity contribution in [2.24, 2.45) is 11.1 Å². The van der Waals surface area contributed by atoms with Crippen LogP contribution < -0.4 is 20.5 Å². The van der Waals surface area contributed by atoms with Crippen LogP contribution in [0.1, 0.15) is 37.0 Å². The molecule has 0 spiro atoms. The molecule has 1 rings (SSSR count). The average molecular weight is 352 g/mol. The second kappa shape index (κ2) is 8.91. The SMILES string of the molecule is CCC(CC)(CNC(=O)c1ccc(OCC(N)=O)c(OC)c1)C(=O)O. The van der Waals surface area contributed by atoms with Gasteiger partial charge in [-0.05, 0) is 31.0 Å². The molecule has 0 radical (unpaired) electrons. The maximum Gasteiger partial charge on any atom is 0.311 e. The number of carboxylic acids is 1. The minimum Gasteiger partial charge on any atom is -0.493 e. The Kier molecular flexibility index (Phi) is 7.22. The van der Waals surface area contributed by atoms with E-state index in [1.807, 2.05) is 0 Å². The lowest BCUT2D eigenvalue weighted by molar-refractivity contribution is -0.149. The predicted octanol–water partition coefficient (Wildman–Crippen LogP) is 1.18. The summed E-state index contributed by atoms with van der Waals surface area (Å²) in [6.07, 6.45) is 0.810. The molecule has 0 bridgehead atoms. The van der Waals surface area contributed by atoms with E-state index < -0.39 is 23.2 Å². The Morgan fingerprint density at radius 1 is 1.20 bits per heavy atom. The normalized spacial score (nSPS) is 10.8. The van der Waals surface area contributed by atoms with Crippen molar-refractivity contribution in [3.63, 3.8) is 0 Å². The van der Waals surface area contributed by atoms with E-state index in [0.29, 0.717) is 12.8 Å². The van der Waals surface area contributed by atoms with Gasteiger partial charge in [-0.25, -0.2) is 0 Å². The molecular weight excluding hydrogens is 328 g/mol. The smallest absolute Gasteiger partial charge is 0.311 e. The Balaban J connectivity index is 2.88. The highest BCUT2D eigenvalue weighted by atomic mass is 16.5. The number of hydrogen-bond acceptors (Lipinski definition) is 5. The molecule has 1 aromatic carbocycles. The van der Waals surface area contributed by atoms with Gasteiger partial charge in [-0.1, -0.05) is 13.8 Å². The van der Waals surface area contributed by atoms with Crippen molar-refractivity contribution < 1.29 is 29.0 Å². The van der Waals surface area contributed by atoms with Crippen molar-refractivity contribution in [1.29, 1.82) is 0 Å². The Labute approximate surface area is 146 Å². The van der Waals surface area contributed by atoms with E-state index in [1.54, 1.807) is 13.8 Å². The third-order valence-corrected chi connectivity index (χ3v) is 4.19. The van der Waals surface area contributed by atoms with Gasteiger partial charge in [-0.15, -0.1) is 0 Å². The number of primary amides is 1. The predicted molar refractivity (Wildman–Crippen MR) is 90.7 cm³/mol. The lowest BCUT2D eigenvalue weighted by atomic mass is 9.82.